The number of hydrogen-bond acceptors (Lipinski definition) is 5. The Morgan fingerprint density at radius 3 is 2.74 bits per heavy atom. The third kappa shape index (κ3) is 4.06. The number of rotatable bonds is 4. The van der Waals surface area contributed by atoms with E-state index in [9.17, 15) is 19.7 Å². The van der Waals surface area contributed by atoms with E-state index in [0.717, 1.165) is 0 Å². The Hall–Kier alpha value is -3.00. The second-order valence-electron chi connectivity index (χ2n) is 6.27. The number of anilines is 1. The summed E-state index contributed by atoms with van der Waals surface area (Å²) in [5, 5.41) is 14.0. The number of nitro groups is 1. The van der Waals surface area contributed by atoms with Crippen LogP contribution in [0.3, 0.4) is 0 Å². The number of aromatic nitrogens is 1. The molecule has 1 aliphatic heterocycles. The average Bonchev–Trinajstić information content (AvgIpc) is 3.12. The van der Waals surface area contributed by atoms with E-state index in [1.165, 1.54) is 29.3 Å². The number of amides is 2. The summed E-state index contributed by atoms with van der Waals surface area (Å²) in [6.07, 6.45) is 2.69. The molecule has 1 N–H and O–H groups in total. The van der Waals surface area contributed by atoms with Crippen molar-refractivity contribution < 1.29 is 14.5 Å². The Morgan fingerprint density at radius 1 is 1.33 bits per heavy atom. The van der Waals surface area contributed by atoms with Gasteiger partial charge in [-0.1, -0.05) is 11.6 Å². The van der Waals surface area contributed by atoms with Crippen molar-refractivity contribution in [2.24, 2.45) is 0 Å². The van der Waals surface area contributed by atoms with Crippen LogP contribution in [0.25, 0.3) is 0 Å². The number of benzene rings is 1. The Morgan fingerprint density at radius 2 is 2.11 bits per heavy atom. The van der Waals surface area contributed by atoms with Gasteiger partial charge in [0.2, 0.25) is 5.91 Å². The van der Waals surface area contributed by atoms with E-state index in [-0.39, 0.29) is 17.5 Å². The van der Waals surface area contributed by atoms with Crippen molar-refractivity contribution in [1.29, 1.82) is 0 Å². The monoisotopic (exact) mass is 388 g/mol. The van der Waals surface area contributed by atoms with Crippen LogP contribution >= 0.6 is 11.6 Å². The van der Waals surface area contributed by atoms with Crippen LogP contribution in [-0.2, 0) is 4.79 Å². The zero-order chi connectivity index (χ0) is 19.6. The van der Waals surface area contributed by atoms with Crippen molar-refractivity contribution in [2.75, 3.05) is 11.9 Å². The molecule has 0 aliphatic carbocycles. The molecule has 0 spiro atoms. The lowest BCUT2D eigenvalue weighted by molar-refractivity contribution is -0.385. The van der Waals surface area contributed by atoms with Crippen molar-refractivity contribution in [3.05, 3.63) is 62.9 Å². The molecule has 0 bridgehead atoms. The van der Waals surface area contributed by atoms with E-state index in [0.29, 0.717) is 41.4 Å². The lowest BCUT2D eigenvalue weighted by Crippen LogP contribution is -2.43. The van der Waals surface area contributed by atoms with E-state index in [2.05, 4.69) is 10.3 Å². The molecule has 0 saturated carbocycles. The standard InChI is InChI=1S/C18H17ClN4O4/c1-11-9-12(4-6-14(11)23(26)27)18(25)22-8-2-3-15(22)17(24)21-13-5-7-16(19)20-10-13/h4-7,9-10,15H,2-3,8H2,1H3,(H,21,24). The number of halogens is 1. The van der Waals surface area contributed by atoms with E-state index in [1.807, 2.05) is 0 Å². The molecule has 1 aromatic heterocycles. The van der Waals surface area contributed by atoms with Gasteiger partial charge in [0.1, 0.15) is 11.2 Å². The van der Waals surface area contributed by atoms with E-state index in [1.54, 1.807) is 19.1 Å². The van der Waals surface area contributed by atoms with Gasteiger partial charge >= 0.3 is 0 Å². The van der Waals surface area contributed by atoms with Crippen LogP contribution < -0.4 is 5.32 Å². The minimum Gasteiger partial charge on any atom is -0.327 e. The van der Waals surface area contributed by atoms with Crippen molar-refractivity contribution in [3.8, 4) is 0 Å². The summed E-state index contributed by atoms with van der Waals surface area (Å²) in [6, 6.07) is 6.81. The Kier molecular flexibility index (Phi) is 5.36. The van der Waals surface area contributed by atoms with Crippen LogP contribution in [0.2, 0.25) is 5.15 Å². The minimum atomic E-state index is -0.608. The lowest BCUT2D eigenvalue weighted by Gasteiger charge is -2.24. The fourth-order valence-electron chi connectivity index (χ4n) is 3.12. The van der Waals surface area contributed by atoms with Crippen LogP contribution in [0.5, 0.6) is 0 Å². The normalized spacial score (nSPS) is 16.2. The van der Waals surface area contributed by atoms with E-state index >= 15 is 0 Å². The smallest absolute Gasteiger partial charge is 0.272 e. The minimum absolute atomic E-state index is 0.0440. The highest BCUT2D eigenvalue weighted by molar-refractivity contribution is 6.29. The first-order valence-electron chi connectivity index (χ1n) is 8.35. The molecule has 140 valence electrons. The third-order valence-corrected chi connectivity index (χ3v) is 4.68. The second-order valence-corrected chi connectivity index (χ2v) is 6.66. The fraction of sp³-hybridized carbons (Fsp3) is 0.278. The number of nitrogens with zero attached hydrogens (tertiary/aromatic N) is 3. The quantitative estimate of drug-likeness (QED) is 0.492. The molecule has 2 amide bonds. The zero-order valence-electron chi connectivity index (χ0n) is 14.5. The fourth-order valence-corrected chi connectivity index (χ4v) is 3.23. The van der Waals surface area contributed by atoms with Crippen LogP contribution in [-0.4, -0.2) is 39.2 Å². The molecule has 1 unspecified atom stereocenters. The maximum absolute atomic E-state index is 12.8. The van der Waals surface area contributed by atoms with Crippen molar-refractivity contribution in [1.82, 2.24) is 9.88 Å². The van der Waals surface area contributed by atoms with Crippen molar-refractivity contribution in [2.45, 2.75) is 25.8 Å². The lowest BCUT2D eigenvalue weighted by atomic mass is 10.1. The van der Waals surface area contributed by atoms with Gasteiger partial charge in [0.15, 0.2) is 0 Å². The SMILES string of the molecule is Cc1cc(C(=O)N2CCCC2C(=O)Nc2ccc(Cl)nc2)ccc1[N+](=O)[O-]. The highest BCUT2D eigenvalue weighted by atomic mass is 35.5. The molecule has 0 radical (unpaired) electrons. The topological polar surface area (TPSA) is 105 Å². The van der Waals surface area contributed by atoms with Crippen LogP contribution in [0.1, 0.15) is 28.8 Å². The zero-order valence-corrected chi connectivity index (χ0v) is 15.3. The van der Waals surface area contributed by atoms with Crippen LogP contribution in [0.4, 0.5) is 11.4 Å². The summed E-state index contributed by atoms with van der Waals surface area (Å²) in [5.41, 5.74) is 1.18. The van der Waals surface area contributed by atoms with Gasteiger partial charge in [0, 0.05) is 23.7 Å². The second kappa shape index (κ2) is 7.71. The number of likely N-dealkylation sites (tertiary alicyclic amines) is 1. The van der Waals surface area contributed by atoms with E-state index < -0.39 is 11.0 Å². The van der Waals surface area contributed by atoms with Gasteiger partial charge in [-0.3, -0.25) is 19.7 Å². The first-order valence-corrected chi connectivity index (χ1v) is 8.73. The molecule has 1 fully saturated rings. The molecule has 1 saturated heterocycles. The summed E-state index contributed by atoms with van der Waals surface area (Å²) in [4.78, 5) is 41.3. The predicted octanol–water partition coefficient (Wildman–Crippen LogP) is 3.19. The van der Waals surface area contributed by atoms with Gasteiger partial charge in [-0.2, -0.15) is 0 Å². The van der Waals surface area contributed by atoms with Gasteiger partial charge in [0.05, 0.1) is 16.8 Å². The molecule has 8 nitrogen and oxygen atoms in total. The van der Waals surface area contributed by atoms with Gasteiger partial charge in [0.25, 0.3) is 11.6 Å². The number of hydrogen-bond donors (Lipinski definition) is 1. The summed E-state index contributed by atoms with van der Waals surface area (Å²) in [5.74, 6) is -0.622. The predicted molar refractivity (Wildman–Crippen MR) is 99.8 cm³/mol. The maximum atomic E-state index is 12.8. The molecule has 1 atom stereocenters. The third-order valence-electron chi connectivity index (χ3n) is 4.45. The average molecular weight is 389 g/mol. The number of nitro benzene ring substituents is 1. The van der Waals surface area contributed by atoms with Crippen molar-refractivity contribution in [3.63, 3.8) is 0 Å². The Bertz CT molecular complexity index is 901. The largest absolute Gasteiger partial charge is 0.327 e. The first-order chi connectivity index (χ1) is 12.9. The molecule has 27 heavy (non-hydrogen) atoms. The van der Waals surface area contributed by atoms with Gasteiger partial charge in [-0.25, -0.2) is 4.98 Å². The van der Waals surface area contributed by atoms with Gasteiger partial charge < -0.3 is 10.2 Å². The number of carbonyl (C=O) groups is 2. The molecule has 2 heterocycles. The van der Waals surface area contributed by atoms with Gasteiger partial charge in [-0.05, 0) is 44.0 Å². The molecule has 1 aromatic carbocycles. The van der Waals surface area contributed by atoms with E-state index in [4.69, 9.17) is 11.6 Å². The molecular formula is C18H17ClN4O4. The number of pyridine rings is 1. The molecule has 3 rings (SSSR count). The highest BCUT2D eigenvalue weighted by Crippen LogP contribution is 2.24. The summed E-state index contributed by atoms with van der Waals surface area (Å²) in [7, 11) is 0. The Balaban J connectivity index is 1.76. The number of aryl methyl sites for hydroxylation is 1. The van der Waals surface area contributed by atoms with Crippen molar-refractivity contribution >= 4 is 34.8 Å². The van der Waals surface area contributed by atoms with Crippen LogP contribution in [0, 0.1) is 17.0 Å². The maximum Gasteiger partial charge on any atom is 0.272 e. The molecule has 9 heteroatoms. The molecular weight excluding hydrogens is 372 g/mol. The number of carbonyl (C=O) groups excluding carboxylic acids is 2. The first kappa shape index (κ1) is 18.8. The van der Waals surface area contributed by atoms with Crippen LogP contribution in [0.15, 0.2) is 36.5 Å². The van der Waals surface area contributed by atoms with Gasteiger partial charge in [-0.15, -0.1) is 0 Å². The number of nitrogens with one attached hydrogen (secondary N) is 1. The molecule has 2 aromatic rings. The summed E-state index contributed by atoms with van der Waals surface area (Å²) in [6.45, 7) is 2.03. The highest BCUT2D eigenvalue weighted by Gasteiger charge is 2.35. The molecule has 1 aliphatic rings. The summed E-state index contributed by atoms with van der Waals surface area (Å²) >= 11 is 5.73. The Labute approximate surface area is 160 Å². The summed E-state index contributed by atoms with van der Waals surface area (Å²) < 4.78 is 0.